The normalized spacial score (nSPS) is 44.7. The first-order valence-corrected chi connectivity index (χ1v) is 4.66. The van der Waals surface area contributed by atoms with E-state index in [2.05, 4.69) is 13.8 Å². The molecule has 1 rings (SSSR count). The third kappa shape index (κ3) is 1.18. The van der Waals surface area contributed by atoms with Crippen LogP contribution in [0.2, 0.25) is 0 Å². The molecule has 2 atom stereocenters. The summed E-state index contributed by atoms with van der Waals surface area (Å²) < 4.78 is 0. The lowest BCUT2D eigenvalue weighted by molar-refractivity contribution is 0.244. The summed E-state index contributed by atoms with van der Waals surface area (Å²) in [6.45, 7) is 4.28. The fraction of sp³-hybridized carbons (Fsp3) is 1.00. The maximum absolute atomic E-state index is 6.22. The lowest BCUT2D eigenvalue weighted by Gasteiger charge is -2.39. The van der Waals surface area contributed by atoms with Gasteiger partial charge in [0.15, 0.2) is 0 Å². The van der Waals surface area contributed by atoms with Crippen LogP contribution in [0.25, 0.3) is 0 Å². The second kappa shape index (κ2) is 2.76. The van der Waals surface area contributed by atoms with Gasteiger partial charge in [0, 0.05) is 11.1 Å². The molecule has 0 heterocycles. The van der Waals surface area contributed by atoms with Gasteiger partial charge in [-0.15, -0.1) is 0 Å². The molecule has 11 heavy (non-hydrogen) atoms. The van der Waals surface area contributed by atoms with Crippen LogP contribution in [0.5, 0.6) is 0 Å². The molecular formula is C9H20N2. The molecule has 1 saturated carbocycles. The lowest BCUT2D eigenvalue weighted by Crippen LogP contribution is -2.61. The van der Waals surface area contributed by atoms with Crippen LogP contribution in [0.3, 0.4) is 0 Å². The molecule has 2 heteroatoms. The van der Waals surface area contributed by atoms with Crippen LogP contribution in [0.4, 0.5) is 0 Å². The van der Waals surface area contributed by atoms with Crippen molar-refractivity contribution in [3.8, 4) is 0 Å². The Kier molecular flexibility index (Phi) is 2.26. The summed E-state index contributed by atoms with van der Waals surface area (Å²) in [4.78, 5) is 0. The summed E-state index contributed by atoms with van der Waals surface area (Å²) in [5.41, 5.74) is 12.3. The Morgan fingerprint density at radius 1 is 1.00 bits per heavy atom. The zero-order valence-electron chi connectivity index (χ0n) is 7.69. The van der Waals surface area contributed by atoms with E-state index < -0.39 is 0 Å². The van der Waals surface area contributed by atoms with Gasteiger partial charge in [-0.1, -0.05) is 13.8 Å². The fourth-order valence-corrected chi connectivity index (χ4v) is 2.27. The first kappa shape index (κ1) is 9.01. The molecule has 1 fully saturated rings. The molecule has 1 aliphatic carbocycles. The number of nitrogens with two attached hydrogens (primary N) is 2. The Labute approximate surface area is 69.3 Å². The van der Waals surface area contributed by atoms with Crippen molar-refractivity contribution in [2.45, 2.75) is 57.0 Å². The predicted molar refractivity (Wildman–Crippen MR) is 48.3 cm³/mol. The standard InChI is InChI=1S/C9H20N2/c1-3-8(10)6-5-7-9(8,11)4-2/h3-7,10-11H2,1-2H3. The first-order chi connectivity index (χ1) is 5.08. The smallest absolute Gasteiger partial charge is 0.0334 e. The number of rotatable bonds is 2. The first-order valence-electron chi connectivity index (χ1n) is 4.66. The van der Waals surface area contributed by atoms with E-state index in [0.29, 0.717) is 0 Å². The highest BCUT2D eigenvalue weighted by Gasteiger charge is 2.46. The molecule has 1 aliphatic rings. The second-order valence-corrected chi connectivity index (χ2v) is 3.87. The van der Waals surface area contributed by atoms with Crippen molar-refractivity contribution in [3.63, 3.8) is 0 Å². The van der Waals surface area contributed by atoms with Crippen molar-refractivity contribution in [1.82, 2.24) is 0 Å². The lowest BCUT2D eigenvalue weighted by atomic mass is 9.77. The zero-order chi connectivity index (χ0) is 8.54. The molecule has 0 spiro atoms. The monoisotopic (exact) mass is 156 g/mol. The molecule has 0 aromatic carbocycles. The highest BCUT2D eigenvalue weighted by molar-refractivity contribution is 5.10. The Bertz CT molecular complexity index is 130. The summed E-state index contributed by atoms with van der Waals surface area (Å²) >= 11 is 0. The van der Waals surface area contributed by atoms with Crippen LogP contribution in [-0.2, 0) is 0 Å². The quantitative estimate of drug-likeness (QED) is 0.634. The predicted octanol–water partition coefficient (Wildman–Crippen LogP) is 1.39. The van der Waals surface area contributed by atoms with E-state index in [9.17, 15) is 0 Å². The highest BCUT2D eigenvalue weighted by atomic mass is 14.9. The Hall–Kier alpha value is -0.0800. The second-order valence-electron chi connectivity index (χ2n) is 3.87. The van der Waals surface area contributed by atoms with Gasteiger partial charge in [-0.3, -0.25) is 0 Å². The molecule has 0 aliphatic heterocycles. The molecule has 4 N–H and O–H groups in total. The average molecular weight is 156 g/mol. The van der Waals surface area contributed by atoms with Crippen molar-refractivity contribution in [2.24, 2.45) is 11.5 Å². The molecular weight excluding hydrogens is 136 g/mol. The summed E-state index contributed by atoms with van der Waals surface area (Å²) in [5, 5.41) is 0. The van der Waals surface area contributed by atoms with Crippen molar-refractivity contribution in [2.75, 3.05) is 0 Å². The van der Waals surface area contributed by atoms with Gasteiger partial charge in [0.25, 0.3) is 0 Å². The SMILES string of the molecule is CCC1(N)CCCC1(N)CC. The van der Waals surface area contributed by atoms with Crippen LogP contribution >= 0.6 is 0 Å². The van der Waals surface area contributed by atoms with E-state index in [1.165, 1.54) is 6.42 Å². The topological polar surface area (TPSA) is 52.0 Å². The minimum atomic E-state index is -0.0816. The van der Waals surface area contributed by atoms with Gasteiger partial charge in [-0.05, 0) is 32.1 Å². The molecule has 0 bridgehead atoms. The average Bonchev–Trinajstić information content (AvgIpc) is 2.31. The van der Waals surface area contributed by atoms with Crippen molar-refractivity contribution in [3.05, 3.63) is 0 Å². The third-order valence-corrected chi connectivity index (χ3v) is 3.50. The van der Waals surface area contributed by atoms with Gasteiger partial charge < -0.3 is 11.5 Å². The minimum Gasteiger partial charge on any atom is -0.324 e. The van der Waals surface area contributed by atoms with Crippen LogP contribution < -0.4 is 11.5 Å². The molecule has 0 amide bonds. The summed E-state index contributed by atoms with van der Waals surface area (Å²) in [6, 6.07) is 0. The molecule has 2 nitrogen and oxygen atoms in total. The fourth-order valence-electron chi connectivity index (χ4n) is 2.27. The largest absolute Gasteiger partial charge is 0.324 e. The maximum atomic E-state index is 6.22. The molecule has 0 radical (unpaired) electrons. The molecule has 0 aromatic rings. The Balaban J connectivity index is 2.79. The van der Waals surface area contributed by atoms with Crippen molar-refractivity contribution in [1.29, 1.82) is 0 Å². The number of hydrogen-bond donors (Lipinski definition) is 2. The highest BCUT2D eigenvalue weighted by Crippen LogP contribution is 2.39. The molecule has 0 aromatic heterocycles. The molecule has 2 unspecified atom stereocenters. The Morgan fingerprint density at radius 2 is 1.36 bits per heavy atom. The molecule has 66 valence electrons. The summed E-state index contributed by atoms with van der Waals surface area (Å²) in [5.74, 6) is 0. The van der Waals surface area contributed by atoms with Crippen molar-refractivity contribution >= 4 is 0 Å². The zero-order valence-corrected chi connectivity index (χ0v) is 7.69. The van der Waals surface area contributed by atoms with E-state index in [1.807, 2.05) is 0 Å². The van der Waals surface area contributed by atoms with E-state index >= 15 is 0 Å². The van der Waals surface area contributed by atoms with Crippen LogP contribution in [0, 0.1) is 0 Å². The summed E-state index contributed by atoms with van der Waals surface area (Å²) in [7, 11) is 0. The minimum absolute atomic E-state index is 0.0816. The third-order valence-electron chi connectivity index (χ3n) is 3.50. The number of hydrogen-bond acceptors (Lipinski definition) is 2. The van der Waals surface area contributed by atoms with Gasteiger partial charge >= 0.3 is 0 Å². The van der Waals surface area contributed by atoms with E-state index in [1.54, 1.807) is 0 Å². The van der Waals surface area contributed by atoms with Gasteiger partial charge in [0.2, 0.25) is 0 Å². The van der Waals surface area contributed by atoms with Crippen molar-refractivity contribution < 1.29 is 0 Å². The maximum Gasteiger partial charge on any atom is 0.0334 e. The van der Waals surface area contributed by atoms with Gasteiger partial charge in [-0.25, -0.2) is 0 Å². The van der Waals surface area contributed by atoms with E-state index in [4.69, 9.17) is 11.5 Å². The van der Waals surface area contributed by atoms with Crippen LogP contribution in [0.15, 0.2) is 0 Å². The van der Waals surface area contributed by atoms with Gasteiger partial charge in [-0.2, -0.15) is 0 Å². The van der Waals surface area contributed by atoms with Crippen LogP contribution in [0.1, 0.15) is 46.0 Å². The molecule has 0 saturated heterocycles. The van der Waals surface area contributed by atoms with Gasteiger partial charge in [0.05, 0.1) is 0 Å². The van der Waals surface area contributed by atoms with Gasteiger partial charge in [0.1, 0.15) is 0 Å². The summed E-state index contributed by atoms with van der Waals surface area (Å²) in [6.07, 6.45) is 5.44. The Morgan fingerprint density at radius 3 is 1.64 bits per heavy atom. The van der Waals surface area contributed by atoms with Crippen LogP contribution in [-0.4, -0.2) is 11.1 Å². The van der Waals surface area contributed by atoms with E-state index in [-0.39, 0.29) is 11.1 Å². The van der Waals surface area contributed by atoms with E-state index in [0.717, 1.165) is 25.7 Å².